The van der Waals surface area contributed by atoms with Crippen molar-refractivity contribution in [2.24, 2.45) is 0 Å². The predicted octanol–water partition coefficient (Wildman–Crippen LogP) is 2.01. The molecule has 4 nitrogen and oxygen atoms in total. The lowest BCUT2D eigenvalue weighted by molar-refractivity contribution is 0.0193. The van der Waals surface area contributed by atoms with Crippen LogP contribution in [0.25, 0.3) is 0 Å². The fourth-order valence-corrected chi connectivity index (χ4v) is 2.96. The third kappa shape index (κ3) is 3.80. The fourth-order valence-electron chi connectivity index (χ4n) is 2.96. The van der Waals surface area contributed by atoms with Crippen LogP contribution in [0, 0.1) is 5.82 Å². The zero-order valence-corrected chi connectivity index (χ0v) is 12.9. The SMILES string of the molecule is COCCN1C(C)CN(C(=O)c2cccc(F)c2)CC1C. The van der Waals surface area contributed by atoms with E-state index in [-0.39, 0.29) is 23.8 Å². The second-order valence-corrected chi connectivity index (χ2v) is 5.65. The molecule has 1 aliphatic rings. The Bertz CT molecular complexity index is 483. The van der Waals surface area contributed by atoms with Gasteiger partial charge in [-0.25, -0.2) is 4.39 Å². The third-order valence-corrected chi connectivity index (χ3v) is 4.01. The van der Waals surface area contributed by atoms with Gasteiger partial charge in [0, 0.05) is 44.4 Å². The van der Waals surface area contributed by atoms with Gasteiger partial charge < -0.3 is 9.64 Å². The molecular weight excluding hydrogens is 271 g/mol. The van der Waals surface area contributed by atoms with E-state index in [1.54, 1.807) is 19.2 Å². The summed E-state index contributed by atoms with van der Waals surface area (Å²) >= 11 is 0. The number of piperazine rings is 1. The van der Waals surface area contributed by atoms with Crippen molar-refractivity contribution in [2.45, 2.75) is 25.9 Å². The highest BCUT2D eigenvalue weighted by atomic mass is 19.1. The van der Waals surface area contributed by atoms with Crippen molar-refractivity contribution < 1.29 is 13.9 Å². The molecule has 5 heteroatoms. The number of halogens is 1. The Morgan fingerprint density at radius 3 is 2.57 bits per heavy atom. The maximum atomic E-state index is 13.3. The highest BCUT2D eigenvalue weighted by Gasteiger charge is 2.31. The molecule has 1 heterocycles. The second kappa shape index (κ2) is 7.00. The van der Waals surface area contributed by atoms with E-state index >= 15 is 0 Å². The Labute approximate surface area is 125 Å². The summed E-state index contributed by atoms with van der Waals surface area (Å²) in [5, 5.41) is 0. The Morgan fingerprint density at radius 1 is 1.33 bits per heavy atom. The highest BCUT2D eigenvalue weighted by Crippen LogP contribution is 2.18. The average Bonchev–Trinajstić information content (AvgIpc) is 2.45. The molecule has 0 saturated carbocycles. The summed E-state index contributed by atoms with van der Waals surface area (Å²) < 4.78 is 18.4. The van der Waals surface area contributed by atoms with Crippen LogP contribution in [-0.2, 0) is 4.74 Å². The number of nitrogens with zero attached hydrogens (tertiary/aromatic N) is 2. The van der Waals surface area contributed by atoms with Crippen LogP contribution in [0.5, 0.6) is 0 Å². The van der Waals surface area contributed by atoms with E-state index in [2.05, 4.69) is 18.7 Å². The molecule has 1 aromatic rings. The van der Waals surface area contributed by atoms with Gasteiger partial charge in [-0.15, -0.1) is 0 Å². The Hall–Kier alpha value is -1.46. The molecule has 1 fully saturated rings. The number of methoxy groups -OCH3 is 1. The number of carbonyl (C=O) groups excluding carboxylic acids is 1. The number of amides is 1. The topological polar surface area (TPSA) is 32.8 Å². The van der Waals surface area contributed by atoms with Gasteiger partial charge in [0.15, 0.2) is 0 Å². The molecule has 1 saturated heterocycles. The van der Waals surface area contributed by atoms with Gasteiger partial charge in [0.2, 0.25) is 0 Å². The number of benzene rings is 1. The molecule has 2 unspecified atom stereocenters. The molecule has 2 rings (SSSR count). The van der Waals surface area contributed by atoms with Gasteiger partial charge in [0.1, 0.15) is 5.82 Å². The van der Waals surface area contributed by atoms with Gasteiger partial charge in [-0.2, -0.15) is 0 Å². The van der Waals surface area contributed by atoms with E-state index < -0.39 is 0 Å². The van der Waals surface area contributed by atoms with Crippen LogP contribution in [0.15, 0.2) is 24.3 Å². The maximum absolute atomic E-state index is 13.3. The molecule has 2 atom stereocenters. The smallest absolute Gasteiger partial charge is 0.254 e. The molecule has 1 aliphatic heterocycles. The van der Waals surface area contributed by atoms with Gasteiger partial charge >= 0.3 is 0 Å². The molecule has 1 aromatic carbocycles. The second-order valence-electron chi connectivity index (χ2n) is 5.65. The van der Waals surface area contributed by atoms with Gasteiger partial charge in [0.25, 0.3) is 5.91 Å². The van der Waals surface area contributed by atoms with Crippen LogP contribution in [0.3, 0.4) is 0 Å². The van der Waals surface area contributed by atoms with E-state index in [1.165, 1.54) is 12.1 Å². The summed E-state index contributed by atoms with van der Waals surface area (Å²) in [6, 6.07) is 6.42. The number of carbonyl (C=O) groups is 1. The minimum absolute atomic E-state index is 0.0976. The van der Waals surface area contributed by atoms with Crippen LogP contribution >= 0.6 is 0 Å². The van der Waals surface area contributed by atoms with Crippen molar-refractivity contribution in [1.82, 2.24) is 9.80 Å². The maximum Gasteiger partial charge on any atom is 0.254 e. The van der Waals surface area contributed by atoms with Crippen molar-refractivity contribution in [1.29, 1.82) is 0 Å². The molecule has 0 bridgehead atoms. The van der Waals surface area contributed by atoms with E-state index in [0.717, 1.165) is 6.54 Å². The molecule has 0 radical (unpaired) electrons. The number of hydrogen-bond acceptors (Lipinski definition) is 3. The van der Waals surface area contributed by atoms with Crippen LogP contribution in [-0.4, -0.2) is 61.1 Å². The summed E-state index contributed by atoms with van der Waals surface area (Å²) in [5.74, 6) is -0.472. The van der Waals surface area contributed by atoms with Crippen molar-refractivity contribution in [3.63, 3.8) is 0 Å². The van der Waals surface area contributed by atoms with Crippen molar-refractivity contribution >= 4 is 5.91 Å². The first-order valence-electron chi connectivity index (χ1n) is 7.32. The van der Waals surface area contributed by atoms with Crippen molar-refractivity contribution in [2.75, 3.05) is 33.4 Å². The van der Waals surface area contributed by atoms with Gasteiger partial charge in [-0.3, -0.25) is 9.69 Å². The van der Waals surface area contributed by atoms with Crippen molar-refractivity contribution in [3.8, 4) is 0 Å². The molecule has 0 N–H and O–H groups in total. The van der Waals surface area contributed by atoms with E-state index in [1.807, 2.05) is 4.90 Å². The molecule has 0 spiro atoms. The number of ether oxygens (including phenoxy) is 1. The van der Waals surface area contributed by atoms with E-state index in [9.17, 15) is 9.18 Å². The summed E-state index contributed by atoms with van der Waals surface area (Å²) in [5.41, 5.74) is 0.416. The lowest BCUT2D eigenvalue weighted by atomic mass is 10.1. The van der Waals surface area contributed by atoms with E-state index in [4.69, 9.17) is 4.74 Å². The van der Waals surface area contributed by atoms with Crippen molar-refractivity contribution in [3.05, 3.63) is 35.6 Å². The first-order valence-corrected chi connectivity index (χ1v) is 7.32. The Morgan fingerprint density at radius 2 is 2.00 bits per heavy atom. The Balaban J connectivity index is 2.05. The number of hydrogen-bond donors (Lipinski definition) is 0. The first kappa shape index (κ1) is 15.9. The Kier molecular flexibility index (Phi) is 5.31. The molecule has 0 aliphatic carbocycles. The summed E-state index contributed by atoms with van der Waals surface area (Å²) in [6.07, 6.45) is 0. The molecule has 116 valence electrons. The summed E-state index contributed by atoms with van der Waals surface area (Å²) in [6.45, 7) is 7.08. The third-order valence-electron chi connectivity index (χ3n) is 4.01. The van der Waals surface area contributed by atoms with Gasteiger partial charge in [0.05, 0.1) is 6.61 Å². The van der Waals surface area contributed by atoms with Crippen LogP contribution in [0.1, 0.15) is 24.2 Å². The highest BCUT2D eigenvalue weighted by molar-refractivity contribution is 5.94. The number of rotatable bonds is 4. The molecule has 0 aromatic heterocycles. The van der Waals surface area contributed by atoms with Crippen LogP contribution < -0.4 is 0 Å². The largest absolute Gasteiger partial charge is 0.383 e. The lowest BCUT2D eigenvalue weighted by Crippen LogP contribution is -2.58. The van der Waals surface area contributed by atoms with Gasteiger partial charge in [-0.05, 0) is 32.0 Å². The van der Waals surface area contributed by atoms with Gasteiger partial charge in [-0.1, -0.05) is 6.07 Å². The molecule has 21 heavy (non-hydrogen) atoms. The summed E-state index contributed by atoms with van der Waals surface area (Å²) in [4.78, 5) is 16.6. The monoisotopic (exact) mass is 294 g/mol. The lowest BCUT2D eigenvalue weighted by Gasteiger charge is -2.44. The predicted molar refractivity (Wildman–Crippen MR) is 79.8 cm³/mol. The quantitative estimate of drug-likeness (QED) is 0.851. The fraction of sp³-hybridized carbons (Fsp3) is 0.562. The summed E-state index contributed by atoms with van der Waals surface area (Å²) in [7, 11) is 1.69. The first-order chi connectivity index (χ1) is 10.0. The molecule has 1 amide bonds. The van der Waals surface area contributed by atoms with E-state index in [0.29, 0.717) is 25.3 Å². The minimum Gasteiger partial charge on any atom is -0.383 e. The zero-order chi connectivity index (χ0) is 15.4. The average molecular weight is 294 g/mol. The standard InChI is InChI=1S/C16H23FN2O2/c1-12-10-18(11-13(2)19(12)7-8-21-3)16(20)14-5-4-6-15(17)9-14/h4-6,9,12-13H,7-8,10-11H2,1-3H3. The minimum atomic E-state index is -0.374. The normalized spacial score (nSPS) is 23.3. The van der Waals surface area contributed by atoms with Crippen LogP contribution in [0.4, 0.5) is 4.39 Å². The zero-order valence-electron chi connectivity index (χ0n) is 12.9. The molecular formula is C16H23FN2O2. The van der Waals surface area contributed by atoms with Crippen LogP contribution in [0.2, 0.25) is 0 Å².